The predicted octanol–water partition coefficient (Wildman–Crippen LogP) is 2.50. The minimum Gasteiger partial charge on any atom is -0.479 e. The van der Waals surface area contributed by atoms with E-state index < -0.39 is 29.3 Å². The fourth-order valence-corrected chi connectivity index (χ4v) is 5.52. The van der Waals surface area contributed by atoms with Crippen molar-refractivity contribution >= 4 is 40.3 Å². The number of hydrogen-bond acceptors (Lipinski definition) is 7. The lowest BCUT2D eigenvalue weighted by Crippen LogP contribution is -2.45. The Morgan fingerprint density at radius 2 is 1.72 bits per heavy atom. The lowest BCUT2D eigenvalue weighted by Gasteiger charge is -2.36. The number of piperazine rings is 1. The van der Waals surface area contributed by atoms with Gasteiger partial charge in [-0.15, -0.1) is 11.8 Å². The van der Waals surface area contributed by atoms with E-state index >= 15 is 0 Å². The van der Waals surface area contributed by atoms with E-state index in [9.17, 15) is 23.9 Å². The number of hydrogen-bond donors (Lipinski definition) is 3. The smallest absolute Gasteiger partial charge is 0.341 e. The number of anilines is 1. The highest BCUT2D eigenvalue weighted by Crippen LogP contribution is 2.41. The van der Waals surface area contributed by atoms with Gasteiger partial charge in [0.15, 0.2) is 6.10 Å². The number of aromatic nitrogens is 1. The first-order valence-electron chi connectivity index (χ1n) is 11.3. The van der Waals surface area contributed by atoms with Gasteiger partial charge < -0.3 is 29.7 Å². The molecule has 0 aliphatic carbocycles. The Kier molecular flexibility index (Phi) is 7.62. The molecule has 9 nitrogen and oxygen atoms in total. The highest BCUT2D eigenvalue weighted by atomic mass is 32.2. The molecule has 0 amide bonds. The molecule has 11 heteroatoms. The van der Waals surface area contributed by atoms with Crippen LogP contribution < -0.4 is 10.3 Å². The van der Waals surface area contributed by atoms with Crippen LogP contribution in [-0.2, 0) is 11.3 Å². The monoisotopic (exact) mass is 515 g/mol. The van der Waals surface area contributed by atoms with Gasteiger partial charge in [-0.3, -0.25) is 4.79 Å². The summed E-state index contributed by atoms with van der Waals surface area (Å²) in [6, 6.07) is 9.47. The van der Waals surface area contributed by atoms with Crippen LogP contribution in [0, 0.1) is 5.82 Å². The van der Waals surface area contributed by atoms with E-state index in [1.54, 1.807) is 34.9 Å². The van der Waals surface area contributed by atoms with Gasteiger partial charge in [-0.25, -0.2) is 14.0 Å². The molecule has 3 heterocycles. The highest BCUT2D eigenvalue weighted by molar-refractivity contribution is 7.99. The molecule has 190 valence electrons. The summed E-state index contributed by atoms with van der Waals surface area (Å²) in [5.41, 5.74) is 0.673. The summed E-state index contributed by atoms with van der Waals surface area (Å²) in [6.45, 7) is 3.76. The Morgan fingerprint density at radius 3 is 2.33 bits per heavy atom. The van der Waals surface area contributed by atoms with Gasteiger partial charge in [0.1, 0.15) is 11.4 Å². The van der Waals surface area contributed by atoms with Crippen molar-refractivity contribution in [1.29, 1.82) is 0 Å². The zero-order chi connectivity index (χ0) is 26.0. The zero-order valence-electron chi connectivity index (χ0n) is 19.6. The van der Waals surface area contributed by atoms with Crippen LogP contribution >= 0.6 is 11.8 Å². The van der Waals surface area contributed by atoms with E-state index in [4.69, 9.17) is 10.2 Å². The summed E-state index contributed by atoms with van der Waals surface area (Å²) in [5.74, 6) is -2.24. The van der Waals surface area contributed by atoms with Crippen LogP contribution in [0.4, 0.5) is 10.1 Å². The van der Waals surface area contributed by atoms with E-state index in [0.29, 0.717) is 29.1 Å². The Bertz CT molecular complexity index is 1360. The standard InChI is InChI=1S/C17H18FN3O3S.C8H8O3/c1-19-2-4-20(5-3-19)14-12(18)8-10-13-16(14)25-7-6-21(13)9-11(15(10)22)17(23)24;9-7(8(10)11)6-4-2-1-3-5-6/h8-9H,2-7H2,1H3,(H,23,24);1-5,7,9H,(H,10,11). The number of halogens is 1. The number of carboxylic acid groups (broad SMARTS) is 2. The average Bonchev–Trinajstić information content (AvgIpc) is 2.87. The lowest BCUT2D eigenvalue weighted by molar-refractivity contribution is -0.146. The summed E-state index contributed by atoms with van der Waals surface area (Å²) in [6.07, 6.45) is -0.0155. The van der Waals surface area contributed by atoms with E-state index in [-0.39, 0.29) is 10.9 Å². The van der Waals surface area contributed by atoms with Gasteiger partial charge in [0.05, 0.1) is 21.5 Å². The number of aromatic carboxylic acids is 1. The second-order valence-corrected chi connectivity index (χ2v) is 9.70. The molecule has 1 atom stereocenters. The van der Waals surface area contributed by atoms with Crippen LogP contribution in [0.25, 0.3) is 10.9 Å². The molecule has 2 aromatic carbocycles. The molecule has 1 unspecified atom stereocenters. The predicted molar refractivity (Wildman–Crippen MR) is 135 cm³/mol. The van der Waals surface area contributed by atoms with Gasteiger partial charge in [0.2, 0.25) is 5.43 Å². The number of carbonyl (C=O) groups is 2. The van der Waals surface area contributed by atoms with Gasteiger partial charge in [-0.05, 0) is 18.7 Å². The maximum atomic E-state index is 15.0. The number of pyridine rings is 1. The first-order chi connectivity index (χ1) is 17.2. The van der Waals surface area contributed by atoms with Crippen LogP contribution in [0.15, 0.2) is 52.3 Å². The first kappa shape index (κ1) is 25.7. The van der Waals surface area contributed by atoms with Crippen LogP contribution in [0.1, 0.15) is 22.0 Å². The van der Waals surface area contributed by atoms with Crippen molar-refractivity contribution < 1.29 is 29.3 Å². The third-order valence-corrected chi connectivity index (χ3v) is 7.28. The Morgan fingerprint density at radius 1 is 1.06 bits per heavy atom. The zero-order valence-corrected chi connectivity index (χ0v) is 20.4. The number of aliphatic carboxylic acids is 1. The number of aliphatic hydroxyl groups is 1. The van der Waals surface area contributed by atoms with Crippen molar-refractivity contribution in [3.63, 3.8) is 0 Å². The van der Waals surface area contributed by atoms with Gasteiger partial charge >= 0.3 is 11.9 Å². The molecule has 1 aromatic heterocycles. The topological polar surface area (TPSA) is 123 Å². The number of carboxylic acids is 2. The van der Waals surface area contributed by atoms with Gasteiger partial charge in [0.25, 0.3) is 0 Å². The Balaban J connectivity index is 0.000000233. The van der Waals surface area contributed by atoms with Crippen molar-refractivity contribution in [1.82, 2.24) is 9.47 Å². The van der Waals surface area contributed by atoms with Crippen molar-refractivity contribution in [2.75, 3.05) is 43.9 Å². The summed E-state index contributed by atoms with van der Waals surface area (Å²) in [7, 11) is 2.04. The fraction of sp³-hybridized carbons (Fsp3) is 0.320. The maximum absolute atomic E-state index is 15.0. The first-order valence-corrected chi connectivity index (χ1v) is 12.3. The number of aryl methyl sites for hydroxylation is 1. The van der Waals surface area contributed by atoms with E-state index in [0.717, 1.165) is 31.1 Å². The molecule has 0 radical (unpaired) electrons. The second-order valence-electron chi connectivity index (χ2n) is 8.59. The molecule has 1 saturated heterocycles. The number of rotatable bonds is 4. The Labute approximate surface area is 210 Å². The molecule has 0 saturated carbocycles. The van der Waals surface area contributed by atoms with E-state index in [2.05, 4.69) is 4.90 Å². The van der Waals surface area contributed by atoms with Gasteiger partial charge in [0, 0.05) is 44.7 Å². The minimum absolute atomic E-state index is 0.150. The third-order valence-electron chi connectivity index (χ3n) is 6.22. The van der Waals surface area contributed by atoms with E-state index in [1.807, 2.05) is 11.9 Å². The molecule has 3 N–H and O–H groups in total. The summed E-state index contributed by atoms with van der Waals surface area (Å²) in [4.78, 5) is 39.1. The van der Waals surface area contributed by atoms with Crippen molar-refractivity contribution in [2.45, 2.75) is 17.5 Å². The van der Waals surface area contributed by atoms with Crippen LogP contribution in [0.5, 0.6) is 0 Å². The molecular weight excluding hydrogens is 489 g/mol. The quantitative estimate of drug-likeness (QED) is 0.481. The number of nitrogens with zero attached hydrogens (tertiary/aromatic N) is 3. The molecule has 5 rings (SSSR count). The summed E-state index contributed by atoms with van der Waals surface area (Å²) in [5, 5.41) is 26.8. The van der Waals surface area contributed by atoms with Crippen molar-refractivity contribution in [3.05, 3.63) is 69.8 Å². The summed E-state index contributed by atoms with van der Waals surface area (Å²) < 4.78 is 16.7. The Hall–Kier alpha value is -3.41. The van der Waals surface area contributed by atoms with Gasteiger partial charge in [-0.2, -0.15) is 0 Å². The maximum Gasteiger partial charge on any atom is 0.341 e. The normalized spacial score (nSPS) is 16.2. The van der Waals surface area contributed by atoms with Crippen molar-refractivity contribution in [3.8, 4) is 0 Å². The molecular formula is C25H26FN3O6S. The van der Waals surface area contributed by atoms with Gasteiger partial charge in [-0.1, -0.05) is 30.3 Å². The van der Waals surface area contributed by atoms with Crippen LogP contribution in [-0.4, -0.2) is 75.7 Å². The fourth-order valence-electron chi connectivity index (χ4n) is 4.30. The average molecular weight is 516 g/mol. The van der Waals surface area contributed by atoms with Crippen LogP contribution in [0.2, 0.25) is 0 Å². The van der Waals surface area contributed by atoms with Crippen molar-refractivity contribution in [2.24, 2.45) is 0 Å². The molecule has 2 aliphatic rings. The molecule has 3 aromatic rings. The highest BCUT2D eigenvalue weighted by Gasteiger charge is 2.28. The molecule has 0 spiro atoms. The SMILES string of the molecule is CN1CCN(c2c(F)cc3c(=O)c(C(=O)O)cn4c3c2SCC4)CC1.O=C(O)C(O)c1ccccc1. The minimum atomic E-state index is -1.41. The largest absolute Gasteiger partial charge is 0.479 e. The molecule has 0 bridgehead atoms. The van der Waals surface area contributed by atoms with E-state index in [1.165, 1.54) is 24.0 Å². The second kappa shape index (κ2) is 10.7. The molecule has 1 fully saturated rings. The number of thioether (sulfide) groups is 1. The lowest BCUT2D eigenvalue weighted by atomic mass is 10.1. The molecule has 36 heavy (non-hydrogen) atoms. The number of aliphatic hydroxyl groups excluding tert-OH is 1. The third kappa shape index (κ3) is 5.08. The number of likely N-dealkylation sites (N-methyl/N-ethyl adjacent to an activating group) is 1. The number of benzene rings is 2. The molecule has 2 aliphatic heterocycles. The summed E-state index contributed by atoms with van der Waals surface area (Å²) >= 11 is 1.54. The van der Waals surface area contributed by atoms with Crippen LogP contribution in [0.3, 0.4) is 0 Å².